The van der Waals surface area contributed by atoms with Gasteiger partial charge in [0.05, 0.1) is 26.2 Å². The van der Waals surface area contributed by atoms with Crippen molar-refractivity contribution in [2.75, 3.05) is 0 Å². The second-order valence-corrected chi connectivity index (χ2v) is 16.5. The lowest BCUT2D eigenvalue weighted by Crippen LogP contribution is -2.33. The first-order valence-corrected chi connectivity index (χ1v) is 20.6. The van der Waals surface area contributed by atoms with Gasteiger partial charge >= 0.3 is 0 Å². The predicted molar refractivity (Wildman–Crippen MR) is 232 cm³/mol. The van der Waals surface area contributed by atoms with Crippen molar-refractivity contribution >= 4 is 39.1 Å². The van der Waals surface area contributed by atoms with Gasteiger partial charge in [0.15, 0.2) is 11.6 Å². The van der Waals surface area contributed by atoms with Crippen LogP contribution in [0.15, 0.2) is 192 Å². The van der Waals surface area contributed by atoms with Gasteiger partial charge in [0, 0.05) is 33.7 Å². The lowest BCUT2D eigenvalue weighted by atomic mass is 9.64. The highest BCUT2D eigenvalue weighted by Crippen LogP contribution is 2.67. The van der Waals surface area contributed by atoms with Crippen LogP contribution in [-0.2, 0) is 5.41 Å². The molecule has 3 heterocycles. The van der Waals surface area contributed by atoms with E-state index in [1.165, 1.54) is 33.4 Å². The Labute approximate surface area is 339 Å². The Morgan fingerprint density at radius 2 is 1.24 bits per heavy atom. The summed E-state index contributed by atoms with van der Waals surface area (Å²) in [5.41, 5.74) is 11.7. The van der Waals surface area contributed by atoms with E-state index in [9.17, 15) is 0 Å². The Morgan fingerprint density at radius 3 is 2.09 bits per heavy atom. The Balaban J connectivity index is 1.04. The first kappa shape index (κ1) is 32.1. The second-order valence-electron chi connectivity index (χ2n) is 15.5. The van der Waals surface area contributed by atoms with Gasteiger partial charge in [-0.1, -0.05) is 163 Å². The highest BCUT2D eigenvalue weighted by atomic mass is 32.2. The minimum Gasteiger partial charge on any atom is -0.455 e. The molecule has 0 saturated heterocycles. The molecule has 0 radical (unpaired) electrons. The fourth-order valence-electron chi connectivity index (χ4n) is 10.4. The van der Waals surface area contributed by atoms with Crippen LogP contribution in [0, 0.1) is 5.92 Å². The maximum atomic E-state index is 6.49. The molecule has 1 spiro atoms. The van der Waals surface area contributed by atoms with Crippen LogP contribution in [0.4, 0.5) is 0 Å². The maximum Gasteiger partial charge on any atom is 0.238 e. The van der Waals surface area contributed by atoms with Crippen molar-refractivity contribution in [2.45, 2.75) is 21.1 Å². The molecule has 0 amide bonds. The first-order chi connectivity index (χ1) is 28.8. The van der Waals surface area contributed by atoms with E-state index in [1.807, 2.05) is 30.3 Å². The molecule has 1 aliphatic heterocycles. The van der Waals surface area contributed by atoms with E-state index in [0.29, 0.717) is 17.6 Å². The Hall–Kier alpha value is -7.02. The van der Waals surface area contributed by atoms with E-state index < -0.39 is 0 Å². The Bertz CT molecular complexity index is 3230. The normalized spacial score (nSPS) is 17.6. The van der Waals surface area contributed by atoms with Crippen molar-refractivity contribution in [1.82, 2.24) is 19.5 Å². The van der Waals surface area contributed by atoms with Crippen LogP contribution >= 0.6 is 11.8 Å². The standard InChI is InChI=1S/C52H32N4OS/c1-2-15-31(16-3-1)49-53-50(55-51(54-49)56-42-26-11-7-19-34(42)37-29-45-47(30-43(37)56)58-46-28-13-12-27-44(46)57-45)36-21-14-25-41-48(36)35-20-6-10-24-40(35)52(41)38-22-8-4-17-32(38)33-18-5-9-23-39(33)52/h1-30,41,48H. The smallest absolute Gasteiger partial charge is 0.238 e. The molecule has 0 N–H and O–H groups in total. The molecule has 13 rings (SSSR count). The predicted octanol–water partition coefficient (Wildman–Crippen LogP) is 12.6. The summed E-state index contributed by atoms with van der Waals surface area (Å²) in [6, 6.07) is 58.5. The molecular weight excluding hydrogens is 729 g/mol. The quantitative estimate of drug-likeness (QED) is 0.179. The van der Waals surface area contributed by atoms with E-state index in [2.05, 4.69) is 156 Å². The fraction of sp³-hybridized carbons (Fsp3) is 0.0577. The first-order valence-electron chi connectivity index (χ1n) is 19.8. The van der Waals surface area contributed by atoms with Crippen LogP contribution < -0.4 is 4.74 Å². The summed E-state index contributed by atoms with van der Waals surface area (Å²) in [7, 11) is 0. The van der Waals surface area contributed by atoms with Crippen molar-refractivity contribution in [3.63, 3.8) is 0 Å². The van der Waals surface area contributed by atoms with Gasteiger partial charge < -0.3 is 4.74 Å². The minimum absolute atomic E-state index is 0.0121. The number of nitrogens with zero attached hydrogens (tertiary/aromatic N) is 4. The van der Waals surface area contributed by atoms with Gasteiger partial charge in [-0.3, -0.25) is 4.57 Å². The third-order valence-corrected chi connectivity index (χ3v) is 13.7. The molecular formula is C52H32N4OS. The number of rotatable bonds is 3. The molecule has 58 heavy (non-hydrogen) atoms. The molecule has 0 fully saturated rings. The number of hydrogen-bond acceptors (Lipinski definition) is 5. The largest absolute Gasteiger partial charge is 0.455 e. The van der Waals surface area contributed by atoms with Crippen molar-refractivity contribution < 1.29 is 4.74 Å². The fourth-order valence-corrected chi connectivity index (χ4v) is 11.4. The van der Waals surface area contributed by atoms with Crippen LogP contribution in [0.1, 0.15) is 34.0 Å². The highest BCUT2D eigenvalue weighted by molar-refractivity contribution is 7.99. The van der Waals surface area contributed by atoms with Crippen molar-refractivity contribution in [3.8, 4) is 40.0 Å². The zero-order valence-electron chi connectivity index (χ0n) is 31.1. The van der Waals surface area contributed by atoms with Crippen LogP contribution in [-0.4, -0.2) is 19.5 Å². The maximum absolute atomic E-state index is 6.49. The van der Waals surface area contributed by atoms with Gasteiger partial charge in [-0.05, 0) is 63.7 Å². The number of hydrogen-bond donors (Lipinski definition) is 0. The molecule has 2 aromatic heterocycles. The van der Waals surface area contributed by atoms with E-state index >= 15 is 0 Å². The summed E-state index contributed by atoms with van der Waals surface area (Å²) in [5.74, 6) is 3.76. The average molecular weight is 761 g/mol. The Kier molecular flexibility index (Phi) is 6.64. The number of ether oxygens (including phenoxy) is 1. The van der Waals surface area contributed by atoms with Crippen LogP contribution in [0.5, 0.6) is 11.5 Å². The number of para-hydroxylation sites is 2. The second kappa shape index (κ2) is 12.0. The van der Waals surface area contributed by atoms with E-state index in [1.54, 1.807) is 11.8 Å². The third kappa shape index (κ3) is 4.30. The van der Waals surface area contributed by atoms with Gasteiger partial charge in [-0.25, -0.2) is 4.98 Å². The molecule has 3 aliphatic carbocycles. The highest BCUT2D eigenvalue weighted by Gasteiger charge is 2.58. The van der Waals surface area contributed by atoms with Crippen LogP contribution in [0.2, 0.25) is 0 Å². The minimum atomic E-state index is -0.354. The molecule has 6 heteroatoms. The summed E-state index contributed by atoms with van der Waals surface area (Å²) >= 11 is 1.73. The molecule has 2 unspecified atom stereocenters. The zero-order chi connectivity index (χ0) is 38.0. The SMILES string of the molecule is C1=CC2C(C(c3nc(-c4ccccc4)nc(-n4c5ccccc5c5cc6c(cc54)Sc4ccccc4O6)n3)=C1)c1ccccc1C21c2ccccc2-c2ccccc21. The summed E-state index contributed by atoms with van der Waals surface area (Å²) in [6.45, 7) is 0. The molecule has 5 nitrogen and oxygen atoms in total. The lowest BCUT2D eigenvalue weighted by Gasteiger charge is -2.37. The summed E-state index contributed by atoms with van der Waals surface area (Å²) in [6.07, 6.45) is 6.91. The van der Waals surface area contributed by atoms with Gasteiger partial charge in [0.2, 0.25) is 5.95 Å². The monoisotopic (exact) mass is 760 g/mol. The molecule has 272 valence electrons. The van der Waals surface area contributed by atoms with Gasteiger partial charge in [-0.15, -0.1) is 0 Å². The van der Waals surface area contributed by atoms with E-state index in [0.717, 1.165) is 54.2 Å². The van der Waals surface area contributed by atoms with Gasteiger partial charge in [-0.2, -0.15) is 9.97 Å². The zero-order valence-corrected chi connectivity index (χ0v) is 31.9. The summed E-state index contributed by atoms with van der Waals surface area (Å²) < 4.78 is 8.71. The summed E-state index contributed by atoms with van der Waals surface area (Å²) in [5, 5.41) is 2.20. The Morgan fingerprint density at radius 1 is 0.552 bits per heavy atom. The molecule has 0 bridgehead atoms. The topological polar surface area (TPSA) is 52.8 Å². The van der Waals surface area contributed by atoms with Crippen molar-refractivity contribution in [2.24, 2.45) is 5.92 Å². The molecule has 0 saturated carbocycles. The molecule has 4 aliphatic rings. The molecule has 9 aromatic rings. The number of allylic oxidation sites excluding steroid dienone is 4. The molecule has 2 atom stereocenters. The van der Waals surface area contributed by atoms with Gasteiger partial charge in [0.1, 0.15) is 11.5 Å². The van der Waals surface area contributed by atoms with Crippen LogP contribution in [0.25, 0.3) is 55.8 Å². The third-order valence-electron chi connectivity index (χ3n) is 12.6. The van der Waals surface area contributed by atoms with Crippen LogP contribution in [0.3, 0.4) is 0 Å². The number of aromatic nitrogens is 4. The average Bonchev–Trinajstić information content (AvgIpc) is 3.89. The number of benzene rings is 7. The van der Waals surface area contributed by atoms with E-state index in [4.69, 9.17) is 19.7 Å². The van der Waals surface area contributed by atoms with E-state index in [-0.39, 0.29) is 17.3 Å². The van der Waals surface area contributed by atoms with Crippen molar-refractivity contribution in [1.29, 1.82) is 0 Å². The van der Waals surface area contributed by atoms with Gasteiger partial charge in [0.25, 0.3) is 0 Å². The summed E-state index contributed by atoms with van der Waals surface area (Å²) in [4.78, 5) is 18.3. The molecule has 7 aromatic carbocycles. The van der Waals surface area contributed by atoms with Crippen molar-refractivity contribution in [3.05, 3.63) is 210 Å². The lowest BCUT2D eigenvalue weighted by molar-refractivity contribution is 0.455. The number of fused-ring (bicyclic) bond motifs is 15.